The third-order valence-corrected chi connectivity index (χ3v) is 3.70. The van der Waals surface area contributed by atoms with E-state index < -0.39 is 0 Å². The molecule has 0 spiro atoms. The average molecular weight is 260 g/mol. The van der Waals surface area contributed by atoms with Crippen LogP contribution in [0, 0.1) is 0 Å². The third kappa shape index (κ3) is 1.51. The fraction of sp³-hybridized carbons (Fsp3) is 0. The summed E-state index contributed by atoms with van der Waals surface area (Å²) in [6.07, 6.45) is 11.3. The first kappa shape index (κ1) is 11.1. The van der Waals surface area contributed by atoms with Crippen molar-refractivity contribution in [1.82, 2.24) is 0 Å². The number of phenols is 1. The van der Waals surface area contributed by atoms with E-state index in [0.29, 0.717) is 5.75 Å². The van der Waals surface area contributed by atoms with Gasteiger partial charge in [0.15, 0.2) is 0 Å². The van der Waals surface area contributed by atoms with Gasteiger partial charge in [0, 0.05) is 10.8 Å². The Morgan fingerprint density at radius 3 is 2.80 bits per heavy atom. The summed E-state index contributed by atoms with van der Waals surface area (Å²) in [6.45, 7) is 0. The van der Waals surface area contributed by atoms with Crippen LogP contribution < -0.4 is 10.4 Å². The number of fused-ring (bicyclic) bond motifs is 5. The van der Waals surface area contributed by atoms with Crippen LogP contribution in [0.15, 0.2) is 42.7 Å². The minimum Gasteiger partial charge on any atom is -0.507 e. The van der Waals surface area contributed by atoms with E-state index in [-0.39, 0.29) is 0 Å². The molecule has 4 rings (SSSR count). The van der Waals surface area contributed by atoms with Gasteiger partial charge in [-0.15, -0.1) is 0 Å². The highest BCUT2D eigenvalue weighted by molar-refractivity contribution is 5.85. The van der Waals surface area contributed by atoms with Gasteiger partial charge in [0.2, 0.25) is 0 Å². The Hall–Kier alpha value is -2.74. The van der Waals surface area contributed by atoms with Gasteiger partial charge in [-0.25, -0.2) is 0 Å². The summed E-state index contributed by atoms with van der Waals surface area (Å²) in [7, 11) is 0. The van der Waals surface area contributed by atoms with Crippen molar-refractivity contribution in [3.8, 4) is 16.9 Å². The second-order valence-electron chi connectivity index (χ2n) is 4.86. The molecule has 0 aromatic heterocycles. The van der Waals surface area contributed by atoms with Crippen molar-refractivity contribution >= 4 is 24.5 Å². The number of benzene rings is 2. The number of ether oxygens (including phenoxy) is 1. The molecule has 0 amide bonds. The van der Waals surface area contributed by atoms with E-state index >= 15 is 0 Å². The van der Waals surface area contributed by atoms with Crippen molar-refractivity contribution in [3.63, 3.8) is 0 Å². The molecule has 1 N–H and O–H groups in total. The molecule has 2 nitrogen and oxygen atoms in total. The summed E-state index contributed by atoms with van der Waals surface area (Å²) in [5.74, 6) is 0.297. The minimum absolute atomic E-state index is 0.297. The number of rotatable bonds is 0. The van der Waals surface area contributed by atoms with Crippen LogP contribution in [0.1, 0.15) is 11.1 Å². The standard InChI is InChI=1S/C18H12O2/c19-17-10-13-8-9-20-11-16(13)15-7-3-5-12-4-1-2-6-14(12)18(15)17/h1-11,19H. The molecule has 96 valence electrons. The van der Waals surface area contributed by atoms with Gasteiger partial charge in [-0.2, -0.15) is 0 Å². The maximum atomic E-state index is 10.4. The summed E-state index contributed by atoms with van der Waals surface area (Å²) in [5, 5.41) is 12.4. The second-order valence-corrected chi connectivity index (χ2v) is 4.86. The predicted molar refractivity (Wildman–Crippen MR) is 80.9 cm³/mol. The van der Waals surface area contributed by atoms with E-state index in [2.05, 4.69) is 6.08 Å². The molecule has 1 aliphatic carbocycles. The molecule has 0 atom stereocenters. The highest BCUT2D eigenvalue weighted by Crippen LogP contribution is 2.30. The number of allylic oxidation sites excluding steroid dienone is 1. The molecular formula is C18H12O2. The normalized spacial score (nSPS) is 14.0. The molecule has 0 unspecified atom stereocenters. The van der Waals surface area contributed by atoms with Crippen molar-refractivity contribution < 1.29 is 9.84 Å². The molecule has 0 bridgehead atoms. The highest BCUT2D eigenvalue weighted by atomic mass is 16.5. The largest absolute Gasteiger partial charge is 0.507 e. The van der Waals surface area contributed by atoms with E-state index in [1.807, 2.05) is 42.5 Å². The zero-order valence-corrected chi connectivity index (χ0v) is 10.7. The summed E-state index contributed by atoms with van der Waals surface area (Å²) < 4.78 is 5.30. The van der Waals surface area contributed by atoms with Crippen LogP contribution in [0.25, 0.3) is 35.6 Å². The summed E-state index contributed by atoms with van der Waals surface area (Å²) in [6, 6.07) is 9.86. The molecule has 1 aliphatic heterocycles. The first-order valence-corrected chi connectivity index (χ1v) is 6.50. The van der Waals surface area contributed by atoms with Gasteiger partial charge in [-0.05, 0) is 34.1 Å². The van der Waals surface area contributed by atoms with Crippen molar-refractivity contribution in [1.29, 1.82) is 0 Å². The lowest BCUT2D eigenvalue weighted by Crippen LogP contribution is -2.30. The van der Waals surface area contributed by atoms with Crippen LogP contribution in [-0.2, 0) is 4.74 Å². The van der Waals surface area contributed by atoms with E-state index in [4.69, 9.17) is 4.74 Å². The molecule has 2 aromatic carbocycles. The minimum atomic E-state index is 0.297. The Bertz CT molecular complexity index is 886. The first-order valence-electron chi connectivity index (χ1n) is 6.50. The van der Waals surface area contributed by atoms with Crippen molar-refractivity contribution in [2.75, 3.05) is 0 Å². The molecule has 0 saturated heterocycles. The Balaban J connectivity index is 2.21. The molecule has 2 aliphatic rings. The van der Waals surface area contributed by atoms with E-state index in [0.717, 1.165) is 32.7 Å². The monoisotopic (exact) mass is 260 g/mol. The van der Waals surface area contributed by atoms with Crippen LogP contribution in [0.4, 0.5) is 0 Å². The smallest absolute Gasteiger partial charge is 0.124 e. The highest BCUT2D eigenvalue weighted by Gasteiger charge is 2.14. The topological polar surface area (TPSA) is 29.5 Å². The van der Waals surface area contributed by atoms with Crippen LogP contribution in [0.2, 0.25) is 0 Å². The lowest BCUT2D eigenvalue weighted by molar-refractivity contribution is 0.459. The number of hydrogen-bond donors (Lipinski definition) is 1. The Morgan fingerprint density at radius 1 is 0.950 bits per heavy atom. The average Bonchev–Trinajstić information content (AvgIpc) is 2.67. The van der Waals surface area contributed by atoms with Gasteiger partial charge in [0.05, 0.1) is 12.5 Å². The maximum Gasteiger partial charge on any atom is 0.124 e. The van der Waals surface area contributed by atoms with Gasteiger partial charge >= 0.3 is 0 Å². The van der Waals surface area contributed by atoms with Gasteiger partial charge in [-0.1, -0.05) is 42.5 Å². The van der Waals surface area contributed by atoms with Crippen LogP contribution in [-0.4, -0.2) is 5.11 Å². The van der Waals surface area contributed by atoms with Gasteiger partial charge < -0.3 is 9.84 Å². The Morgan fingerprint density at radius 2 is 1.85 bits per heavy atom. The van der Waals surface area contributed by atoms with Crippen molar-refractivity contribution in [2.45, 2.75) is 0 Å². The predicted octanol–water partition coefficient (Wildman–Crippen LogP) is 2.61. The number of phenolic OH excluding ortho intramolecular Hbond substituents is 1. The lowest BCUT2D eigenvalue weighted by Gasteiger charge is -2.12. The summed E-state index contributed by atoms with van der Waals surface area (Å²) in [4.78, 5) is 0. The van der Waals surface area contributed by atoms with Crippen LogP contribution >= 0.6 is 0 Å². The summed E-state index contributed by atoms with van der Waals surface area (Å²) >= 11 is 0. The van der Waals surface area contributed by atoms with Gasteiger partial charge in [0.1, 0.15) is 5.75 Å². The van der Waals surface area contributed by atoms with Crippen molar-refractivity contribution in [3.05, 3.63) is 64.2 Å². The van der Waals surface area contributed by atoms with Crippen molar-refractivity contribution in [2.24, 2.45) is 0 Å². The molecule has 1 heterocycles. The zero-order chi connectivity index (χ0) is 13.5. The molecule has 0 saturated carbocycles. The molecular weight excluding hydrogens is 248 g/mol. The third-order valence-electron chi connectivity index (χ3n) is 3.70. The van der Waals surface area contributed by atoms with Gasteiger partial charge in [0.25, 0.3) is 0 Å². The van der Waals surface area contributed by atoms with E-state index in [1.165, 1.54) is 0 Å². The quantitative estimate of drug-likeness (QED) is 0.789. The zero-order valence-electron chi connectivity index (χ0n) is 10.7. The van der Waals surface area contributed by atoms with E-state index in [9.17, 15) is 5.11 Å². The molecule has 20 heavy (non-hydrogen) atoms. The fourth-order valence-electron chi connectivity index (χ4n) is 2.79. The fourth-order valence-corrected chi connectivity index (χ4v) is 2.79. The lowest BCUT2D eigenvalue weighted by atomic mass is 9.95. The Labute approximate surface area is 116 Å². The van der Waals surface area contributed by atoms with Gasteiger partial charge in [-0.3, -0.25) is 0 Å². The van der Waals surface area contributed by atoms with Crippen LogP contribution in [0.3, 0.4) is 0 Å². The second kappa shape index (κ2) is 4.14. The molecule has 0 radical (unpaired) electrons. The number of hydrogen-bond acceptors (Lipinski definition) is 2. The van der Waals surface area contributed by atoms with E-state index in [1.54, 1.807) is 18.6 Å². The summed E-state index contributed by atoms with van der Waals surface area (Å²) in [5.41, 5.74) is 3.97. The number of aromatic hydroxyl groups is 1. The first-order chi connectivity index (χ1) is 9.84. The maximum absolute atomic E-state index is 10.4. The Kier molecular flexibility index (Phi) is 2.30. The van der Waals surface area contributed by atoms with Crippen LogP contribution in [0.5, 0.6) is 5.75 Å². The molecule has 2 heteroatoms. The molecule has 2 aromatic rings. The molecule has 0 fully saturated rings. The SMILES string of the molecule is Oc1cc2c(c3c1-c1ccccc1C=CC=3)=COC=C2.